The molecule has 0 radical (unpaired) electrons. The largest absolute Gasteiger partial charge is 0.379 e. The molecular formula is C18H24N2O5S. The van der Waals surface area contributed by atoms with Crippen LogP contribution in [-0.2, 0) is 19.6 Å². The summed E-state index contributed by atoms with van der Waals surface area (Å²) in [5.41, 5.74) is 0.582. The molecule has 0 spiro atoms. The lowest BCUT2D eigenvalue weighted by Crippen LogP contribution is -2.44. The van der Waals surface area contributed by atoms with Crippen LogP contribution in [0.15, 0.2) is 30.3 Å². The van der Waals surface area contributed by atoms with E-state index in [0.29, 0.717) is 44.8 Å². The average molecular weight is 380 g/mol. The zero-order chi connectivity index (χ0) is 18.6. The molecule has 1 amide bonds. The SMILES string of the molecule is O=C(c1ccccc1)C1CCCN1C(=O)CCS(=O)(=O)N1CCOCC1. The highest BCUT2D eigenvalue weighted by Crippen LogP contribution is 2.22. The Balaban J connectivity index is 1.61. The van der Waals surface area contributed by atoms with Crippen molar-refractivity contribution in [1.82, 2.24) is 9.21 Å². The molecule has 1 atom stereocenters. The summed E-state index contributed by atoms with van der Waals surface area (Å²) in [4.78, 5) is 26.8. The van der Waals surface area contributed by atoms with Gasteiger partial charge in [-0.3, -0.25) is 9.59 Å². The second kappa shape index (κ2) is 8.28. The second-order valence-electron chi connectivity index (χ2n) is 6.55. The van der Waals surface area contributed by atoms with Crippen molar-refractivity contribution >= 4 is 21.7 Å². The molecule has 3 rings (SSSR count). The van der Waals surface area contributed by atoms with Gasteiger partial charge in [-0.15, -0.1) is 0 Å². The smallest absolute Gasteiger partial charge is 0.224 e. The van der Waals surface area contributed by atoms with E-state index >= 15 is 0 Å². The Labute approximate surface area is 154 Å². The fourth-order valence-electron chi connectivity index (χ4n) is 3.45. The molecular weight excluding hydrogens is 356 g/mol. The maximum absolute atomic E-state index is 12.7. The standard InChI is InChI=1S/C18H24N2O5S/c21-17(8-14-26(23,24)19-10-12-25-13-11-19)20-9-4-7-16(20)18(22)15-5-2-1-3-6-15/h1-3,5-6,16H,4,7-14H2. The third kappa shape index (κ3) is 4.31. The molecule has 2 aliphatic heterocycles. The van der Waals surface area contributed by atoms with E-state index in [1.165, 1.54) is 4.31 Å². The van der Waals surface area contributed by atoms with E-state index in [2.05, 4.69) is 0 Å². The number of carbonyl (C=O) groups is 2. The van der Waals surface area contributed by atoms with E-state index in [9.17, 15) is 18.0 Å². The number of Topliss-reactive ketones (excluding diaryl/α,β-unsaturated/α-hetero) is 1. The number of hydrogen-bond acceptors (Lipinski definition) is 5. The third-order valence-electron chi connectivity index (χ3n) is 4.87. The van der Waals surface area contributed by atoms with Crippen LogP contribution >= 0.6 is 0 Å². The predicted octanol–water partition coefficient (Wildman–Crippen LogP) is 0.912. The molecule has 142 valence electrons. The van der Waals surface area contributed by atoms with Crippen LogP contribution in [0.3, 0.4) is 0 Å². The van der Waals surface area contributed by atoms with Gasteiger partial charge in [0.05, 0.1) is 25.0 Å². The third-order valence-corrected chi connectivity index (χ3v) is 6.74. The lowest BCUT2D eigenvalue weighted by Gasteiger charge is -2.27. The first-order chi connectivity index (χ1) is 12.5. The molecule has 26 heavy (non-hydrogen) atoms. The van der Waals surface area contributed by atoms with Crippen LogP contribution in [0.25, 0.3) is 0 Å². The molecule has 0 saturated carbocycles. The van der Waals surface area contributed by atoms with Gasteiger partial charge in [-0.25, -0.2) is 8.42 Å². The summed E-state index contributed by atoms with van der Waals surface area (Å²) in [6, 6.07) is 8.42. The van der Waals surface area contributed by atoms with Crippen LogP contribution in [-0.4, -0.2) is 74.0 Å². The summed E-state index contributed by atoms with van der Waals surface area (Å²) in [7, 11) is -3.48. The molecule has 2 fully saturated rings. The summed E-state index contributed by atoms with van der Waals surface area (Å²) in [6.07, 6.45) is 1.28. The minimum absolute atomic E-state index is 0.0764. The van der Waals surface area contributed by atoms with Crippen molar-refractivity contribution in [2.75, 3.05) is 38.6 Å². The van der Waals surface area contributed by atoms with Gasteiger partial charge < -0.3 is 9.64 Å². The Morgan fingerprint density at radius 3 is 2.46 bits per heavy atom. The number of ether oxygens (including phenoxy) is 1. The molecule has 0 aromatic heterocycles. The number of amides is 1. The van der Waals surface area contributed by atoms with Gasteiger partial charge in [0.25, 0.3) is 0 Å². The van der Waals surface area contributed by atoms with Gasteiger partial charge in [0.1, 0.15) is 0 Å². The number of sulfonamides is 1. The molecule has 1 aromatic carbocycles. The summed E-state index contributed by atoms with van der Waals surface area (Å²) in [5.74, 6) is -0.574. The lowest BCUT2D eigenvalue weighted by atomic mass is 10.0. The number of carbonyl (C=O) groups excluding carboxylic acids is 2. The van der Waals surface area contributed by atoms with E-state index in [-0.39, 0.29) is 23.9 Å². The average Bonchev–Trinajstić information content (AvgIpc) is 3.17. The second-order valence-corrected chi connectivity index (χ2v) is 8.64. The summed E-state index contributed by atoms with van der Waals surface area (Å²) < 4.78 is 31.3. The van der Waals surface area contributed by atoms with Crippen LogP contribution < -0.4 is 0 Å². The van der Waals surface area contributed by atoms with Crippen molar-refractivity contribution < 1.29 is 22.7 Å². The number of morpholine rings is 1. The first-order valence-corrected chi connectivity index (χ1v) is 10.5. The van der Waals surface area contributed by atoms with Gasteiger partial charge >= 0.3 is 0 Å². The van der Waals surface area contributed by atoms with Gasteiger partial charge in [0.2, 0.25) is 15.9 Å². The van der Waals surface area contributed by atoms with Crippen molar-refractivity contribution in [1.29, 1.82) is 0 Å². The van der Waals surface area contributed by atoms with E-state index < -0.39 is 16.1 Å². The van der Waals surface area contributed by atoms with Crippen LogP contribution in [0.1, 0.15) is 29.6 Å². The van der Waals surface area contributed by atoms with Gasteiger partial charge in [0, 0.05) is 31.6 Å². The van der Waals surface area contributed by atoms with Gasteiger partial charge in [-0.1, -0.05) is 30.3 Å². The molecule has 0 bridgehead atoms. The zero-order valence-corrected chi connectivity index (χ0v) is 15.5. The Kier molecular flexibility index (Phi) is 6.05. The molecule has 2 aliphatic rings. The monoisotopic (exact) mass is 380 g/mol. The molecule has 0 aliphatic carbocycles. The molecule has 1 unspecified atom stereocenters. The van der Waals surface area contributed by atoms with E-state index in [0.717, 1.165) is 6.42 Å². The van der Waals surface area contributed by atoms with Crippen molar-refractivity contribution in [3.63, 3.8) is 0 Å². The Morgan fingerprint density at radius 2 is 1.77 bits per heavy atom. The van der Waals surface area contributed by atoms with Gasteiger partial charge in [-0.05, 0) is 12.8 Å². The minimum Gasteiger partial charge on any atom is -0.379 e. The van der Waals surface area contributed by atoms with E-state index in [1.54, 1.807) is 29.2 Å². The van der Waals surface area contributed by atoms with E-state index in [4.69, 9.17) is 4.74 Å². The Bertz CT molecular complexity index is 744. The van der Waals surface area contributed by atoms with E-state index in [1.807, 2.05) is 6.07 Å². The quantitative estimate of drug-likeness (QED) is 0.685. The number of hydrogen-bond donors (Lipinski definition) is 0. The Hall–Kier alpha value is -1.77. The molecule has 0 N–H and O–H groups in total. The summed E-state index contributed by atoms with van der Waals surface area (Å²) in [6.45, 7) is 1.92. The van der Waals surface area contributed by atoms with Crippen molar-refractivity contribution in [2.24, 2.45) is 0 Å². The maximum atomic E-state index is 12.7. The first kappa shape index (κ1) is 19.0. The Morgan fingerprint density at radius 1 is 1.08 bits per heavy atom. The summed E-state index contributed by atoms with van der Waals surface area (Å²) in [5, 5.41) is 0. The molecule has 8 heteroatoms. The molecule has 7 nitrogen and oxygen atoms in total. The lowest BCUT2D eigenvalue weighted by molar-refractivity contribution is -0.130. The summed E-state index contributed by atoms with van der Waals surface area (Å²) >= 11 is 0. The molecule has 1 aromatic rings. The van der Waals surface area contributed by atoms with Crippen molar-refractivity contribution in [3.05, 3.63) is 35.9 Å². The number of nitrogens with zero attached hydrogens (tertiary/aromatic N) is 2. The maximum Gasteiger partial charge on any atom is 0.224 e. The molecule has 2 heterocycles. The van der Waals surface area contributed by atoms with Crippen LogP contribution in [0, 0.1) is 0 Å². The van der Waals surface area contributed by atoms with Crippen LogP contribution in [0.2, 0.25) is 0 Å². The topological polar surface area (TPSA) is 84.0 Å². The highest BCUT2D eigenvalue weighted by atomic mass is 32.2. The number of likely N-dealkylation sites (tertiary alicyclic amines) is 1. The predicted molar refractivity (Wildman–Crippen MR) is 96.3 cm³/mol. The van der Waals surface area contributed by atoms with Crippen molar-refractivity contribution in [3.8, 4) is 0 Å². The highest BCUT2D eigenvalue weighted by Gasteiger charge is 2.35. The first-order valence-electron chi connectivity index (χ1n) is 8.93. The molecule has 2 saturated heterocycles. The van der Waals surface area contributed by atoms with Crippen LogP contribution in [0.5, 0.6) is 0 Å². The number of benzene rings is 1. The minimum atomic E-state index is -3.48. The van der Waals surface area contributed by atoms with Crippen molar-refractivity contribution in [2.45, 2.75) is 25.3 Å². The normalized spacial score (nSPS) is 21.7. The number of ketones is 1. The van der Waals surface area contributed by atoms with Gasteiger partial charge in [0.15, 0.2) is 5.78 Å². The fourth-order valence-corrected chi connectivity index (χ4v) is 4.84. The zero-order valence-electron chi connectivity index (χ0n) is 14.7. The fraction of sp³-hybridized carbons (Fsp3) is 0.556. The van der Waals surface area contributed by atoms with Gasteiger partial charge in [-0.2, -0.15) is 4.31 Å². The number of rotatable bonds is 6. The highest BCUT2D eigenvalue weighted by molar-refractivity contribution is 7.89. The van der Waals surface area contributed by atoms with Crippen LogP contribution in [0.4, 0.5) is 0 Å².